The summed E-state index contributed by atoms with van der Waals surface area (Å²) in [5, 5.41) is 9.60. The summed E-state index contributed by atoms with van der Waals surface area (Å²) >= 11 is 5.93. The quantitative estimate of drug-likeness (QED) is 0.744. The predicted molar refractivity (Wildman–Crippen MR) is 114 cm³/mol. The van der Waals surface area contributed by atoms with Crippen LogP contribution in [0.5, 0.6) is 0 Å². The van der Waals surface area contributed by atoms with Crippen molar-refractivity contribution in [2.45, 2.75) is 24.9 Å². The predicted octanol–water partition coefficient (Wildman–Crippen LogP) is 2.95. The highest BCUT2D eigenvalue weighted by molar-refractivity contribution is 6.30. The summed E-state index contributed by atoms with van der Waals surface area (Å²) in [6, 6.07) is 15.8. The van der Waals surface area contributed by atoms with Gasteiger partial charge in [-0.15, -0.1) is 0 Å². The number of fused-ring (bicyclic) bond motifs is 2. The first-order valence-corrected chi connectivity index (χ1v) is 10.1. The number of amides is 1. The fraction of sp³-hybridized carbons (Fsp3) is 0.304. The molecule has 0 spiro atoms. The van der Waals surface area contributed by atoms with E-state index >= 15 is 0 Å². The van der Waals surface area contributed by atoms with Crippen molar-refractivity contribution >= 4 is 35.1 Å². The van der Waals surface area contributed by atoms with Crippen molar-refractivity contribution in [1.82, 2.24) is 4.90 Å². The van der Waals surface area contributed by atoms with Crippen molar-refractivity contribution in [3.05, 3.63) is 70.8 Å². The van der Waals surface area contributed by atoms with Crippen LogP contribution in [-0.2, 0) is 16.0 Å². The van der Waals surface area contributed by atoms with E-state index in [-0.39, 0.29) is 23.8 Å². The van der Waals surface area contributed by atoms with Crippen LogP contribution in [0.15, 0.2) is 54.6 Å². The number of aliphatic hydroxyl groups excluding tert-OH is 1. The summed E-state index contributed by atoms with van der Waals surface area (Å²) in [5.41, 5.74) is 2.98. The number of halogens is 1. The minimum Gasteiger partial charge on any atom is -0.388 e. The maximum Gasteiger partial charge on any atom is 0.227 e. The highest BCUT2D eigenvalue weighted by Gasteiger charge is 2.45. The van der Waals surface area contributed by atoms with Gasteiger partial charge in [0.15, 0.2) is 5.78 Å². The Morgan fingerprint density at radius 1 is 1.07 bits per heavy atom. The highest BCUT2D eigenvalue weighted by Crippen LogP contribution is 2.36. The molecule has 5 nitrogen and oxygen atoms in total. The van der Waals surface area contributed by atoms with Crippen LogP contribution in [-0.4, -0.2) is 53.5 Å². The van der Waals surface area contributed by atoms with Crippen LogP contribution >= 0.6 is 11.6 Å². The maximum absolute atomic E-state index is 12.8. The first-order valence-electron chi connectivity index (χ1n) is 9.76. The number of hydrogen-bond donors (Lipinski definition) is 1. The minimum absolute atomic E-state index is 0.154. The molecule has 2 heterocycles. The molecule has 2 aromatic carbocycles. The number of piperazine rings is 1. The van der Waals surface area contributed by atoms with E-state index in [1.54, 1.807) is 6.08 Å². The van der Waals surface area contributed by atoms with E-state index in [9.17, 15) is 9.59 Å². The molecular weight excluding hydrogens is 388 g/mol. The molecular formula is C23H23ClN2O3. The number of nitrogens with zero attached hydrogens (tertiary/aromatic N) is 2. The van der Waals surface area contributed by atoms with E-state index in [0.717, 1.165) is 29.8 Å². The Kier molecular flexibility index (Phi) is 5.69. The zero-order chi connectivity index (χ0) is 20.4. The zero-order valence-electron chi connectivity index (χ0n) is 16.0. The summed E-state index contributed by atoms with van der Waals surface area (Å²) in [6.07, 6.45) is 4.52. The maximum atomic E-state index is 12.8. The molecule has 0 radical (unpaired) electrons. The molecule has 1 amide bonds. The molecule has 6 heteroatoms. The van der Waals surface area contributed by atoms with Crippen LogP contribution in [0.4, 0.5) is 5.69 Å². The van der Waals surface area contributed by atoms with Crippen molar-refractivity contribution in [2.75, 3.05) is 24.6 Å². The van der Waals surface area contributed by atoms with Gasteiger partial charge in [0.25, 0.3) is 0 Å². The average Bonchev–Trinajstić information content (AvgIpc) is 3.35. The molecule has 2 aromatic rings. The van der Waals surface area contributed by atoms with Gasteiger partial charge in [-0.1, -0.05) is 41.9 Å². The van der Waals surface area contributed by atoms with Gasteiger partial charge in [-0.2, -0.15) is 0 Å². The highest BCUT2D eigenvalue weighted by atomic mass is 35.5. The Morgan fingerprint density at radius 3 is 2.52 bits per heavy atom. The zero-order valence-corrected chi connectivity index (χ0v) is 16.8. The van der Waals surface area contributed by atoms with Gasteiger partial charge in [0.1, 0.15) is 6.61 Å². The number of rotatable bonds is 6. The lowest BCUT2D eigenvalue weighted by Crippen LogP contribution is -2.49. The van der Waals surface area contributed by atoms with Crippen LogP contribution in [0.25, 0.3) is 6.08 Å². The number of benzene rings is 2. The van der Waals surface area contributed by atoms with Crippen LogP contribution < -0.4 is 4.90 Å². The van der Waals surface area contributed by atoms with Gasteiger partial charge in [-0.3, -0.25) is 9.59 Å². The van der Waals surface area contributed by atoms with Crippen LogP contribution in [0.1, 0.15) is 17.5 Å². The molecule has 0 aromatic heterocycles. The largest absolute Gasteiger partial charge is 0.388 e. The molecule has 2 aliphatic rings. The van der Waals surface area contributed by atoms with E-state index in [2.05, 4.69) is 4.90 Å². The number of carbonyl (C=O) groups is 2. The van der Waals surface area contributed by atoms with Gasteiger partial charge in [-0.25, -0.2) is 0 Å². The number of ketones is 1. The number of anilines is 1. The van der Waals surface area contributed by atoms with Gasteiger partial charge < -0.3 is 14.9 Å². The van der Waals surface area contributed by atoms with Gasteiger partial charge >= 0.3 is 0 Å². The van der Waals surface area contributed by atoms with Crippen molar-refractivity contribution < 1.29 is 14.7 Å². The summed E-state index contributed by atoms with van der Waals surface area (Å²) in [4.78, 5) is 28.6. The van der Waals surface area contributed by atoms with Crippen molar-refractivity contribution in [3.63, 3.8) is 0 Å². The summed E-state index contributed by atoms with van der Waals surface area (Å²) in [7, 11) is 0. The standard InChI is InChI=1S/C23H23ClN2O3/c24-18-8-5-16(6-9-18)11-23(29)26-14-19-12-20(26)13-25(19)22-4-2-1-3-17(22)7-10-21(28)15-27/h1-10,19-20,27H,11-15H2/b10-7+. The fourth-order valence-electron chi connectivity index (χ4n) is 4.27. The normalized spacial score (nSPS) is 20.6. The molecule has 2 saturated heterocycles. The number of likely N-dealkylation sites (tertiary alicyclic amines) is 1. The third-order valence-corrected chi connectivity index (χ3v) is 5.93. The first kappa shape index (κ1) is 19.7. The molecule has 0 saturated carbocycles. The molecule has 2 aliphatic heterocycles. The Hall–Kier alpha value is -2.63. The lowest BCUT2D eigenvalue weighted by atomic mass is 10.1. The summed E-state index contributed by atoms with van der Waals surface area (Å²) in [6.45, 7) is 1.01. The van der Waals surface area contributed by atoms with Crippen LogP contribution in [0.2, 0.25) is 5.02 Å². The van der Waals surface area contributed by atoms with Crippen LogP contribution in [0, 0.1) is 0 Å². The monoisotopic (exact) mass is 410 g/mol. The van der Waals surface area contributed by atoms with Crippen molar-refractivity contribution in [1.29, 1.82) is 0 Å². The second-order valence-electron chi connectivity index (χ2n) is 7.56. The molecule has 4 rings (SSSR count). The molecule has 1 N–H and O–H groups in total. The molecule has 150 valence electrons. The van der Waals surface area contributed by atoms with E-state index in [4.69, 9.17) is 16.7 Å². The number of carbonyl (C=O) groups excluding carboxylic acids is 2. The molecule has 0 aliphatic carbocycles. The third-order valence-electron chi connectivity index (χ3n) is 5.68. The molecule has 29 heavy (non-hydrogen) atoms. The Balaban J connectivity index is 1.44. The van der Waals surface area contributed by atoms with E-state index in [0.29, 0.717) is 18.0 Å². The lowest BCUT2D eigenvalue weighted by molar-refractivity contribution is -0.131. The van der Waals surface area contributed by atoms with E-state index in [1.165, 1.54) is 6.08 Å². The Bertz CT molecular complexity index is 941. The Morgan fingerprint density at radius 2 is 1.83 bits per heavy atom. The van der Waals surface area contributed by atoms with Gasteiger partial charge in [0.2, 0.25) is 5.91 Å². The Labute approximate surface area is 175 Å². The molecule has 2 bridgehead atoms. The number of hydrogen-bond acceptors (Lipinski definition) is 4. The molecule has 2 atom stereocenters. The number of para-hydroxylation sites is 1. The average molecular weight is 411 g/mol. The van der Waals surface area contributed by atoms with Crippen molar-refractivity contribution in [2.24, 2.45) is 0 Å². The minimum atomic E-state index is -0.488. The second-order valence-corrected chi connectivity index (χ2v) is 8.00. The van der Waals surface area contributed by atoms with Gasteiger partial charge in [-0.05, 0) is 47.9 Å². The molecule has 2 unspecified atom stereocenters. The van der Waals surface area contributed by atoms with Crippen molar-refractivity contribution in [3.8, 4) is 0 Å². The van der Waals surface area contributed by atoms with E-state index in [1.807, 2.05) is 53.4 Å². The topological polar surface area (TPSA) is 60.9 Å². The smallest absolute Gasteiger partial charge is 0.227 e. The van der Waals surface area contributed by atoms with Gasteiger partial charge in [0, 0.05) is 29.8 Å². The summed E-state index contributed by atoms with van der Waals surface area (Å²) in [5.74, 6) is -0.164. The SMILES string of the molecule is O=C(/C=C/c1ccccc1N1CC2CC1CN2C(=O)Cc1ccc(Cl)cc1)CO. The first-order chi connectivity index (χ1) is 14.0. The third kappa shape index (κ3) is 4.21. The second kappa shape index (κ2) is 8.39. The van der Waals surface area contributed by atoms with Gasteiger partial charge in [0.05, 0.1) is 12.5 Å². The number of aliphatic hydroxyl groups is 1. The molecule has 2 fully saturated rings. The fourth-order valence-corrected chi connectivity index (χ4v) is 4.40. The van der Waals surface area contributed by atoms with Crippen LogP contribution in [0.3, 0.4) is 0 Å². The lowest BCUT2D eigenvalue weighted by Gasteiger charge is -2.36. The summed E-state index contributed by atoms with van der Waals surface area (Å²) < 4.78 is 0. The van der Waals surface area contributed by atoms with E-state index < -0.39 is 6.61 Å².